The van der Waals surface area contributed by atoms with Gasteiger partial charge < -0.3 is 14.6 Å². The maximum absolute atomic E-state index is 12.8. The predicted molar refractivity (Wildman–Crippen MR) is 122 cm³/mol. The van der Waals surface area contributed by atoms with Crippen molar-refractivity contribution in [1.29, 1.82) is 0 Å². The van der Waals surface area contributed by atoms with Gasteiger partial charge in [-0.3, -0.25) is 4.79 Å². The van der Waals surface area contributed by atoms with Crippen molar-refractivity contribution < 1.29 is 24.2 Å². The van der Waals surface area contributed by atoms with E-state index in [0.717, 1.165) is 48.8 Å². The van der Waals surface area contributed by atoms with E-state index in [1.54, 1.807) is 24.3 Å². The first-order valence-corrected chi connectivity index (χ1v) is 11.5. The Hall–Kier alpha value is -2.82. The number of benzene rings is 2. The van der Waals surface area contributed by atoms with Crippen LogP contribution in [0.5, 0.6) is 11.5 Å². The summed E-state index contributed by atoms with van der Waals surface area (Å²) in [6.07, 6.45) is 4.78. The smallest absolute Gasteiger partial charge is 0.343 e. The van der Waals surface area contributed by atoms with Gasteiger partial charge in [-0.25, -0.2) is 4.79 Å². The molecule has 2 aliphatic carbocycles. The highest BCUT2D eigenvalue weighted by molar-refractivity contribution is 5.91. The van der Waals surface area contributed by atoms with Gasteiger partial charge in [-0.05, 0) is 68.2 Å². The van der Waals surface area contributed by atoms with E-state index >= 15 is 0 Å². The molecule has 5 heteroatoms. The lowest BCUT2D eigenvalue weighted by atomic mass is 9.49. The maximum atomic E-state index is 12.8. The number of aromatic hydroxyl groups is 1. The quantitative estimate of drug-likeness (QED) is 0.516. The average Bonchev–Trinajstić information content (AvgIpc) is 2.79. The Morgan fingerprint density at radius 2 is 1.88 bits per heavy atom. The van der Waals surface area contributed by atoms with Crippen molar-refractivity contribution in [3.05, 3.63) is 58.7 Å². The van der Waals surface area contributed by atoms with Gasteiger partial charge in [-0.1, -0.05) is 44.5 Å². The van der Waals surface area contributed by atoms with E-state index in [2.05, 4.69) is 13.0 Å². The van der Waals surface area contributed by atoms with Gasteiger partial charge in [-0.2, -0.15) is 0 Å². The second kappa shape index (κ2) is 8.27. The van der Waals surface area contributed by atoms with Crippen LogP contribution in [-0.4, -0.2) is 24.2 Å². The summed E-state index contributed by atoms with van der Waals surface area (Å²) in [4.78, 5) is 25.6. The van der Waals surface area contributed by atoms with Crippen molar-refractivity contribution in [3.8, 4) is 11.5 Å². The molecule has 0 saturated heterocycles. The van der Waals surface area contributed by atoms with Crippen molar-refractivity contribution in [2.24, 2.45) is 11.3 Å². The third kappa shape index (κ3) is 3.39. The lowest BCUT2D eigenvalue weighted by molar-refractivity contribution is -0.161. The summed E-state index contributed by atoms with van der Waals surface area (Å²) in [6.45, 7) is 6.13. The molecule has 3 atom stereocenters. The molecule has 1 saturated carbocycles. The molecule has 32 heavy (non-hydrogen) atoms. The van der Waals surface area contributed by atoms with Crippen LogP contribution in [0.1, 0.15) is 73.5 Å². The van der Waals surface area contributed by atoms with Crippen LogP contribution in [-0.2, 0) is 27.8 Å². The fourth-order valence-corrected chi connectivity index (χ4v) is 6.29. The normalized spacial score (nSPS) is 26.6. The Balaban J connectivity index is 1.81. The number of methoxy groups -OCH3 is 1. The summed E-state index contributed by atoms with van der Waals surface area (Å²) in [5.74, 6) is -0.342. The number of hydrogen-bond donors (Lipinski definition) is 1. The number of fused-ring (bicyclic) bond motifs is 3. The van der Waals surface area contributed by atoms with Gasteiger partial charge in [-0.15, -0.1) is 0 Å². The number of phenolic OH excluding ortho intramolecular Hbond substituents is 1. The number of phenols is 1. The molecule has 0 aliphatic heterocycles. The minimum absolute atomic E-state index is 0.0414. The van der Waals surface area contributed by atoms with Crippen LogP contribution < -0.4 is 4.74 Å². The first-order valence-electron chi connectivity index (χ1n) is 11.5. The Kier molecular flexibility index (Phi) is 5.78. The minimum Gasteiger partial charge on any atom is -0.504 e. The number of esters is 2. The molecule has 0 aromatic heterocycles. The average molecular weight is 437 g/mol. The Bertz CT molecular complexity index is 1040. The molecule has 0 unspecified atom stereocenters. The molecule has 0 radical (unpaired) electrons. The summed E-state index contributed by atoms with van der Waals surface area (Å²) >= 11 is 0. The molecule has 2 aliphatic rings. The van der Waals surface area contributed by atoms with E-state index < -0.39 is 16.8 Å². The summed E-state index contributed by atoms with van der Waals surface area (Å²) in [6, 6.07) is 10.9. The summed E-state index contributed by atoms with van der Waals surface area (Å²) in [7, 11) is 1.45. The lowest BCUT2D eigenvalue weighted by Crippen LogP contribution is -2.52. The highest BCUT2D eigenvalue weighted by Gasteiger charge is 2.56. The van der Waals surface area contributed by atoms with Gasteiger partial charge in [0.05, 0.1) is 18.1 Å². The van der Waals surface area contributed by atoms with Crippen LogP contribution in [0.3, 0.4) is 0 Å². The van der Waals surface area contributed by atoms with Gasteiger partial charge in [0.1, 0.15) is 0 Å². The number of hydrogen-bond acceptors (Lipinski definition) is 5. The zero-order valence-electron chi connectivity index (χ0n) is 19.4. The Morgan fingerprint density at radius 1 is 1.16 bits per heavy atom. The van der Waals surface area contributed by atoms with Crippen LogP contribution in [0.25, 0.3) is 0 Å². The summed E-state index contributed by atoms with van der Waals surface area (Å²) in [5, 5.41) is 11.5. The van der Waals surface area contributed by atoms with Crippen LogP contribution in [0, 0.1) is 11.3 Å². The zero-order chi connectivity index (χ0) is 23.1. The molecule has 0 heterocycles. The number of aryl methyl sites for hydroxylation is 2. The molecule has 1 fully saturated rings. The van der Waals surface area contributed by atoms with E-state index in [4.69, 9.17) is 9.47 Å². The standard InChI is InChI=1S/C27H32O5/c1-5-17-16-19-12-13-20-26(2,14-9-15-27(20,3)25(30)31-4)21(19)22(28)23(17)32-24(29)18-10-7-6-8-11-18/h6-8,10-11,16,20,28H,5,9,12-15H2,1-4H3/t20-,26+,27+/m1/s1. The van der Waals surface area contributed by atoms with Crippen LogP contribution in [0.15, 0.2) is 36.4 Å². The third-order valence-corrected chi connectivity index (χ3v) is 7.85. The van der Waals surface area contributed by atoms with E-state index in [1.807, 2.05) is 19.9 Å². The number of carbonyl (C=O) groups is 2. The molecule has 170 valence electrons. The predicted octanol–water partition coefficient (Wildman–Crippen LogP) is 5.36. The molecule has 4 rings (SSSR count). The second-order valence-electron chi connectivity index (χ2n) is 9.63. The summed E-state index contributed by atoms with van der Waals surface area (Å²) < 4.78 is 11.0. The lowest BCUT2D eigenvalue weighted by Gasteiger charge is -2.54. The first-order chi connectivity index (χ1) is 15.3. The SMILES string of the molecule is CCc1cc2c(c(O)c1OC(=O)c1ccccc1)[C@@]1(C)CCC[C@](C)(C(=O)OC)[C@@H]1CC2. The summed E-state index contributed by atoms with van der Waals surface area (Å²) in [5.41, 5.74) is 2.17. The Labute approximate surface area is 189 Å². The van der Waals surface area contributed by atoms with Gasteiger partial charge in [0.2, 0.25) is 0 Å². The fraction of sp³-hybridized carbons (Fsp3) is 0.481. The molecule has 2 aromatic carbocycles. The highest BCUT2D eigenvalue weighted by atomic mass is 16.5. The topological polar surface area (TPSA) is 72.8 Å². The van der Waals surface area contributed by atoms with Crippen LogP contribution >= 0.6 is 0 Å². The molecule has 0 spiro atoms. The van der Waals surface area contributed by atoms with E-state index in [1.165, 1.54) is 7.11 Å². The van der Waals surface area contributed by atoms with Crippen molar-refractivity contribution in [1.82, 2.24) is 0 Å². The molecular weight excluding hydrogens is 404 g/mol. The van der Waals surface area contributed by atoms with Gasteiger partial charge >= 0.3 is 11.9 Å². The van der Waals surface area contributed by atoms with Crippen molar-refractivity contribution >= 4 is 11.9 Å². The first kappa shape index (κ1) is 22.4. The zero-order valence-corrected chi connectivity index (χ0v) is 19.4. The van der Waals surface area contributed by atoms with Crippen molar-refractivity contribution in [3.63, 3.8) is 0 Å². The molecule has 0 amide bonds. The largest absolute Gasteiger partial charge is 0.504 e. The van der Waals surface area contributed by atoms with Gasteiger partial charge in [0.25, 0.3) is 0 Å². The monoisotopic (exact) mass is 436 g/mol. The van der Waals surface area contributed by atoms with E-state index in [9.17, 15) is 14.7 Å². The molecule has 2 aromatic rings. The fourth-order valence-electron chi connectivity index (χ4n) is 6.29. The van der Waals surface area contributed by atoms with Gasteiger partial charge in [0.15, 0.2) is 11.5 Å². The number of carbonyl (C=O) groups excluding carboxylic acids is 2. The third-order valence-electron chi connectivity index (χ3n) is 7.85. The molecule has 1 N–H and O–H groups in total. The van der Waals surface area contributed by atoms with Gasteiger partial charge in [0, 0.05) is 11.0 Å². The van der Waals surface area contributed by atoms with E-state index in [-0.39, 0.29) is 23.4 Å². The molecule has 0 bridgehead atoms. The van der Waals surface area contributed by atoms with Crippen molar-refractivity contribution in [2.45, 2.75) is 64.7 Å². The van der Waals surface area contributed by atoms with E-state index in [0.29, 0.717) is 12.0 Å². The molecular formula is C27H32O5. The Morgan fingerprint density at radius 3 is 2.53 bits per heavy atom. The number of ether oxygens (including phenoxy) is 2. The minimum atomic E-state index is -0.601. The van der Waals surface area contributed by atoms with Crippen LogP contribution in [0.2, 0.25) is 0 Å². The van der Waals surface area contributed by atoms with Crippen LogP contribution in [0.4, 0.5) is 0 Å². The van der Waals surface area contributed by atoms with Crippen molar-refractivity contribution in [2.75, 3.05) is 7.11 Å². The number of rotatable bonds is 4. The second-order valence-corrected chi connectivity index (χ2v) is 9.63. The highest BCUT2D eigenvalue weighted by Crippen LogP contribution is 2.60. The maximum Gasteiger partial charge on any atom is 0.343 e. The molecule has 5 nitrogen and oxygen atoms in total.